The second-order valence-corrected chi connectivity index (χ2v) is 4.45. The second kappa shape index (κ2) is 7.62. The van der Waals surface area contributed by atoms with Crippen LogP contribution in [0.25, 0.3) is 0 Å². The van der Waals surface area contributed by atoms with E-state index in [4.69, 9.17) is 0 Å². The molecule has 0 unspecified atom stereocenters. The molecule has 3 heteroatoms. The van der Waals surface area contributed by atoms with Gasteiger partial charge in [-0.15, -0.1) is 0 Å². The lowest BCUT2D eigenvalue weighted by Gasteiger charge is -2.07. The maximum Gasteiger partial charge on any atom is 0.130 e. The molecule has 0 aliphatic rings. The van der Waals surface area contributed by atoms with Gasteiger partial charge in [0.25, 0.3) is 0 Å². The number of carbonyl (C=O) groups excluding carboxylic acids is 1. The molecule has 0 aromatic rings. The van der Waals surface area contributed by atoms with Crippen LogP contribution < -0.4 is 0 Å². The first-order chi connectivity index (χ1) is 5.63. The van der Waals surface area contributed by atoms with E-state index in [0.29, 0.717) is 5.78 Å². The Labute approximate surface area is 79.7 Å². The number of carbonyl (C=O) groups is 1. The van der Waals surface area contributed by atoms with Crippen LogP contribution in [0.15, 0.2) is 0 Å². The number of hydrogen-bond acceptors (Lipinski definition) is 3. The van der Waals surface area contributed by atoms with Gasteiger partial charge in [-0.25, -0.2) is 0 Å². The average molecular weight is 189 g/mol. The van der Waals surface area contributed by atoms with Crippen LogP contribution in [0.5, 0.6) is 0 Å². The Morgan fingerprint density at radius 1 is 1.33 bits per heavy atom. The van der Waals surface area contributed by atoms with Crippen molar-refractivity contribution in [2.45, 2.75) is 19.8 Å². The summed E-state index contributed by atoms with van der Waals surface area (Å²) < 4.78 is 0. The zero-order valence-electron chi connectivity index (χ0n) is 8.30. The summed E-state index contributed by atoms with van der Waals surface area (Å²) in [4.78, 5) is 12.7. The summed E-state index contributed by atoms with van der Waals surface area (Å²) in [5.41, 5.74) is 0. The van der Waals surface area contributed by atoms with Gasteiger partial charge in [-0.1, -0.05) is 0 Å². The molecule has 0 rings (SSSR count). The fraction of sp³-hybridized carbons (Fsp3) is 0.889. The summed E-state index contributed by atoms with van der Waals surface area (Å²) in [6.07, 6.45) is 1.95. The molecule has 0 saturated heterocycles. The van der Waals surface area contributed by atoms with Crippen molar-refractivity contribution >= 4 is 17.5 Å². The van der Waals surface area contributed by atoms with Crippen molar-refractivity contribution in [2.24, 2.45) is 0 Å². The molecule has 0 aliphatic heterocycles. The van der Waals surface area contributed by atoms with Crippen molar-refractivity contribution in [1.82, 2.24) is 4.90 Å². The number of nitrogens with zero attached hydrogens (tertiary/aromatic N) is 1. The minimum Gasteiger partial charge on any atom is -0.309 e. The molecule has 0 aromatic heterocycles. The minimum absolute atomic E-state index is 0.301. The SMILES string of the molecule is CC(=O)CCSCCCN(C)C. The van der Waals surface area contributed by atoms with Gasteiger partial charge in [0.2, 0.25) is 0 Å². The second-order valence-electron chi connectivity index (χ2n) is 3.22. The van der Waals surface area contributed by atoms with Gasteiger partial charge >= 0.3 is 0 Å². The Kier molecular flexibility index (Phi) is 7.61. The highest BCUT2D eigenvalue weighted by Gasteiger charge is 1.94. The maximum atomic E-state index is 10.6. The largest absolute Gasteiger partial charge is 0.309 e. The highest BCUT2D eigenvalue weighted by Crippen LogP contribution is 2.04. The van der Waals surface area contributed by atoms with Crippen LogP contribution in [-0.2, 0) is 4.79 Å². The third-order valence-electron chi connectivity index (χ3n) is 1.49. The van der Waals surface area contributed by atoms with Crippen LogP contribution in [0.2, 0.25) is 0 Å². The Bertz CT molecular complexity index is 126. The standard InChI is InChI=1S/C9H19NOS/c1-9(11)5-8-12-7-4-6-10(2)3/h4-8H2,1-3H3. The third kappa shape index (κ3) is 9.98. The zero-order valence-corrected chi connectivity index (χ0v) is 9.12. The molecule has 0 saturated carbocycles. The molecule has 0 radical (unpaired) electrons. The molecule has 0 aliphatic carbocycles. The summed E-state index contributed by atoms with van der Waals surface area (Å²) in [5, 5.41) is 0. The van der Waals surface area contributed by atoms with E-state index in [-0.39, 0.29) is 0 Å². The van der Waals surface area contributed by atoms with Crippen LogP contribution in [0.4, 0.5) is 0 Å². The van der Waals surface area contributed by atoms with E-state index in [9.17, 15) is 4.79 Å². The molecule has 72 valence electrons. The van der Waals surface area contributed by atoms with E-state index in [2.05, 4.69) is 19.0 Å². The first kappa shape index (κ1) is 12.0. The molecule has 12 heavy (non-hydrogen) atoms. The highest BCUT2D eigenvalue weighted by molar-refractivity contribution is 7.99. The average Bonchev–Trinajstić information content (AvgIpc) is 1.95. The number of ketones is 1. The van der Waals surface area contributed by atoms with Crippen molar-refractivity contribution in [3.63, 3.8) is 0 Å². The zero-order chi connectivity index (χ0) is 9.40. The smallest absolute Gasteiger partial charge is 0.130 e. The van der Waals surface area contributed by atoms with E-state index in [1.807, 2.05) is 11.8 Å². The van der Waals surface area contributed by atoms with Crippen LogP contribution in [0.3, 0.4) is 0 Å². The molecule has 0 atom stereocenters. The topological polar surface area (TPSA) is 20.3 Å². The molecular formula is C9H19NOS. The lowest BCUT2D eigenvalue weighted by molar-refractivity contribution is -0.116. The van der Waals surface area contributed by atoms with Crippen molar-refractivity contribution in [3.8, 4) is 0 Å². The molecule has 0 spiro atoms. The fourth-order valence-electron chi connectivity index (χ4n) is 0.801. The molecule has 0 aromatic carbocycles. The Morgan fingerprint density at radius 2 is 2.00 bits per heavy atom. The number of thioether (sulfide) groups is 1. The van der Waals surface area contributed by atoms with Crippen molar-refractivity contribution in [1.29, 1.82) is 0 Å². The quantitative estimate of drug-likeness (QED) is 0.568. The van der Waals surface area contributed by atoms with Gasteiger partial charge < -0.3 is 4.90 Å². The van der Waals surface area contributed by atoms with E-state index >= 15 is 0 Å². The Morgan fingerprint density at radius 3 is 2.50 bits per heavy atom. The predicted octanol–water partition coefficient (Wildman–Crippen LogP) is 1.65. The molecule has 0 fully saturated rings. The van der Waals surface area contributed by atoms with E-state index in [1.54, 1.807) is 6.92 Å². The number of Topliss-reactive ketones (excluding diaryl/α,β-unsaturated/α-hetero) is 1. The van der Waals surface area contributed by atoms with Gasteiger partial charge in [-0.2, -0.15) is 11.8 Å². The normalized spacial score (nSPS) is 10.7. The first-order valence-electron chi connectivity index (χ1n) is 4.35. The number of rotatable bonds is 7. The van der Waals surface area contributed by atoms with E-state index in [1.165, 1.54) is 12.2 Å². The van der Waals surface area contributed by atoms with Crippen LogP contribution in [0, 0.1) is 0 Å². The summed E-state index contributed by atoms with van der Waals surface area (Å²) in [7, 11) is 4.17. The predicted molar refractivity (Wildman–Crippen MR) is 55.8 cm³/mol. The molecule has 0 amide bonds. The van der Waals surface area contributed by atoms with Crippen molar-refractivity contribution < 1.29 is 4.79 Å². The lowest BCUT2D eigenvalue weighted by Crippen LogP contribution is -2.13. The van der Waals surface area contributed by atoms with E-state index < -0.39 is 0 Å². The monoisotopic (exact) mass is 189 g/mol. The summed E-state index contributed by atoms with van der Waals surface area (Å²) in [6, 6.07) is 0. The van der Waals surface area contributed by atoms with Gasteiger partial charge in [0.05, 0.1) is 0 Å². The van der Waals surface area contributed by atoms with Crippen molar-refractivity contribution in [3.05, 3.63) is 0 Å². The fourth-order valence-corrected chi connectivity index (χ4v) is 1.77. The molecule has 2 nitrogen and oxygen atoms in total. The maximum absolute atomic E-state index is 10.6. The summed E-state index contributed by atoms with van der Waals surface area (Å²) in [5.74, 6) is 2.46. The Balaban J connectivity index is 2.96. The minimum atomic E-state index is 0.301. The molecule has 0 heterocycles. The van der Waals surface area contributed by atoms with Gasteiger partial charge in [0.15, 0.2) is 0 Å². The highest BCUT2D eigenvalue weighted by atomic mass is 32.2. The van der Waals surface area contributed by atoms with Crippen LogP contribution in [-0.4, -0.2) is 42.8 Å². The third-order valence-corrected chi connectivity index (χ3v) is 2.56. The van der Waals surface area contributed by atoms with Crippen molar-refractivity contribution in [2.75, 3.05) is 32.1 Å². The summed E-state index contributed by atoms with van der Waals surface area (Å²) in [6.45, 7) is 2.80. The van der Waals surface area contributed by atoms with Gasteiger partial charge in [0, 0.05) is 12.2 Å². The van der Waals surface area contributed by atoms with E-state index in [0.717, 1.165) is 18.7 Å². The number of hydrogen-bond donors (Lipinski definition) is 0. The van der Waals surface area contributed by atoms with Crippen LogP contribution >= 0.6 is 11.8 Å². The summed E-state index contributed by atoms with van der Waals surface area (Å²) >= 11 is 1.88. The lowest BCUT2D eigenvalue weighted by atomic mass is 10.4. The molecule has 0 N–H and O–H groups in total. The molecular weight excluding hydrogens is 170 g/mol. The van der Waals surface area contributed by atoms with Crippen LogP contribution in [0.1, 0.15) is 19.8 Å². The van der Waals surface area contributed by atoms with Gasteiger partial charge in [-0.3, -0.25) is 4.79 Å². The Hall–Kier alpha value is -0.0200. The van der Waals surface area contributed by atoms with Gasteiger partial charge in [0.1, 0.15) is 5.78 Å². The van der Waals surface area contributed by atoms with Gasteiger partial charge in [-0.05, 0) is 39.7 Å². The molecule has 0 bridgehead atoms. The first-order valence-corrected chi connectivity index (χ1v) is 5.50.